The van der Waals surface area contributed by atoms with E-state index in [4.69, 9.17) is 4.74 Å². The Labute approximate surface area is 176 Å². The second-order valence-electron chi connectivity index (χ2n) is 6.47. The van der Waals surface area contributed by atoms with Gasteiger partial charge in [-0.1, -0.05) is 25.1 Å². The van der Waals surface area contributed by atoms with Gasteiger partial charge in [-0.2, -0.15) is 0 Å². The first-order valence-electron chi connectivity index (χ1n) is 9.36. The first-order valence-corrected chi connectivity index (χ1v) is 11.2. The highest BCUT2D eigenvalue weighted by Gasteiger charge is 2.15. The van der Waals surface area contributed by atoms with Crippen LogP contribution >= 0.6 is 23.1 Å². The smallest absolute Gasteiger partial charge is 0.258 e. The molecule has 0 unspecified atom stereocenters. The van der Waals surface area contributed by atoms with Gasteiger partial charge in [0.1, 0.15) is 5.75 Å². The third-order valence-corrected chi connectivity index (χ3v) is 6.26. The number of methoxy groups -OCH3 is 1. The van der Waals surface area contributed by atoms with Gasteiger partial charge in [0.25, 0.3) is 5.56 Å². The molecule has 0 saturated carbocycles. The van der Waals surface area contributed by atoms with Crippen molar-refractivity contribution >= 4 is 28.1 Å². The number of thioether (sulfide) groups is 1. The summed E-state index contributed by atoms with van der Waals surface area (Å²) in [5, 5.41) is 11.5. The minimum atomic E-state index is -0.0572. The second kappa shape index (κ2) is 8.79. The van der Waals surface area contributed by atoms with Crippen LogP contribution in [0.1, 0.15) is 25.5 Å². The highest BCUT2D eigenvalue weighted by atomic mass is 32.2. The Morgan fingerprint density at radius 2 is 2.03 bits per heavy atom. The molecule has 1 aromatic carbocycles. The van der Waals surface area contributed by atoms with Crippen molar-refractivity contribution in [3.63, 3.8) is 0 Å². The van der Waals surface area contributed by atoms with Gasteiger partial charge in [0.2, 0.25) is 0 Å². The van der Waals surface area contributed by atoms with Crippen LogP contribution in [0.15, 0.2) is 51.9 Å². The van der Waals surface area contributed by atoms with E-state index in [1.807, 2.05) is 29.6 Å². The average Bonchev–Trinajstić information content (AvgIpc) is 3.38. The molecule has 0 N–H and O–H groups in total. The van der Waals surface area contributed by atoms with Gasteiger partial charge < -0.3 is 9.30 Å². The molecule has 0 amide bonds. The predicted molar refractivity (Wildman–Crippen MR) is 116 cm³/mol. The molecule has 0 aliphatic rings. The summed E-state index contributed by atoms with van der Waals surface area (Å²) in [4.78, 5) is 17.5. The molecule has 0 atom stereocenters. The third kappa shape index (κ3) is 4.20. The quantitative estimate of drug-likeness (QED) is 0.394. The molecule has 9 heteroatoms. The van der Waals surface area contributed by atoms with Crippen molar-refractivity contribution < 1.29 is 4.74 Å². The standard InChI is InChI=1S/C20H21N5O2S2/c1-3-4-9-25-18(14-5-7-16(27-2)8-6-14)22-23-20(25)29-13-15-12-17(26)24-10-11-28-19(24)21-15/h5-8,10-12H,3-4,9,13H2,1-2H3. The summed E-state index contributed by atoms with van der Waals surface area (Å²) in [6.07, 6.45) is 3.86. The number of ether oxygens (including phenoxy) is 1. The first kappa shape index (κ1) is 19.7. The Morgan fingerprint density at radius 3 is 2.79 bits per heavy atom. The Balaban J connectivity index is 1.60. The SMILES string of the molecule is CCCCn1c(SCc2cc(=O)n3ccsc3n2)nnc1-c1ccc(OC)cc1. The van der Waals surface area contributed by atoms with Gasteiger partial charge in [0.05, 0.1) is 12.8 Å². The van der Waals surface area contributed by atoms with Gasteiger partial charge in [-0.15, -0.1) is 21.5 Å². The van der Waals surface area contributed by atoms with E-state index in [0.29, 0.717) is 10.7 Å². The second-order valence-corrected chi connectivity index (χ2v) is 8.29. The molecule has 0 radical (unpaired) electrons. The highest BCUT2D eigenvalue weighted by Crippen LogP contribution is 2.27. The number of benzene rings is 1. The molecule has 0 saturated heterocycles. The molecule has 3 heterocycles. The van der Waals surface area contributed by atoms with Crippen molar-refractivity contribution in [2.45, 2.75) is 37.2 Å². The number of hydrogen-bond donors (Lipinski definition) is 0. The maximum Gasteiger partial charge on any atom is 0.258 e. The van der Waals surface area contributed by atoms with Crippen LogP contribution in [0.5, 0.6) is 5.75 Å². The Bertz CT molecular complexity index is 1160. The predicted octanol–water partition coefficient (Wildman–Crippen LogP) is 4.12. The Kier molecular flexibility index (Phi) is 5.96. The largest absolute Gasteiger partial charge is 0.497 e. The molecule has 29 heavy (non-hydrogen) atoms. The van der Waals surface area contributed by atoms with Crippen molar-refractivity contribution in [1.82, 2.24) is 24.1 Å². The zero-order valence-corrected chi connectivity index (χ0v) is 17.9. The molecule has 0 fully saturated rings. The molecule has 4 rings (SSSR count). The van der Waals surface area contributed by atoms with Crippen LogP contribution < -0.4 is 10.3 Å². The minimum absolute atomic E-state index is 0.0572. The monoisotopic (exact) mass is 427 g/mol. The molecule has 0 aliphatic carbocycles. The number of hydrogen-bond acceptors (Lipinski definition) is 7. The summed E-state index contributed by atoms with van der Waals surface area (Å²) < 4.78 is 8.95. The lowest BCUT2D eigenvalue weighted by molar-refractivity contribution is 0.415. The molecule has 4 aromatic rings. The lowest BCUT2D eigenvalue weighted by Gasteiger charge is -2.10. The van der Waals surface area contributed by atoms with E-state index in [-0.39, 0.29) is 5.56 Å². The molecule has 150 valence electrons. The summed E-state index contributed by atoms with van der Waals surface area (Å²) in [5.41, 5.74) is 1.69. The number of fused-ring (bicyclic) bond motifs is 1. The van der Waals surface area contributed by atoms with E-state index < -0.39 is 0 Å². The Hall–Kier alpha value is -2.65. The van der Waals surface area contributed by atoms with Crippen molar-refractivity contribution in [2.24, 2.45) is 0 Å². The summed E-state index contributed by atoms with van der Waals surface area (Å²) in [5.74, 6) is 2.21. The van der Waals surface area contributed by atoms with Crippen LogP contribution in [0.3, 0.4) is 0 Å². The molecular weight excluding hydrogens is 406 g/mol. The van der Waals surface area contributed by atoms with Crippen LogP contribution in [-0.4, -0.2) is 31.3 Å². The fraction of sp³-hybridized carbons (Fsp3) is 0.300. The van der Waals surface area contributed by atoms with Crippen molar-refractivity contribution in [3.8, 4) is 17.1 Å². The normalized spacial score (nSPS) is 11.2. The number of thiazole rings is 1. The van der Waals surface area contributed by atoms with E-state index in [9.17, 15) is 4.79 Å². The summed E-state index contributed by atoms with van der Waals surface area (Å²) in [7, 11) is 1.65. The fourth-order valence-electron chi connectivity index (χ4n) is 2.97. The lowest BCUT2D eigenvalue weighted by atomic mass is 10.2. The maximum atomic E-state index is 12.2. The molecule has 0 aliphatic heterocycles. The van der Waals surface area contributed by atoms with E-state index in [2.05, 4.69) is 26.7 Å². The van der Waals surface area contributed by atoms with E-state index in [0.717, 1.165) is 47.4 Å². The van der Waals surface area contributed by atoms with Gasteiger partial charge in [-0.05, 0) is 30.7 Å². The maximum absolute atomic E-state index is 12.2. The molecule has 3 aromatic heterocycles. The summed E-state index contributed by atoms with van der Waals surface area (Å²) in [6, 6.07) is 9.42. The molecule has 0 bridgehead atoms. The van der Waals surface area contributed by atoms with E-state index >= 15 is 0 Å². The van der Waals surface area contributed by atoms with Crippen LogP contribution in [0.25, 0.3) is 16.3 Å². The van der Waals surface area contributed by atoms with Gasteiger partial charge >= 0.3 is 0 Å². The van der Waals surface area contributed by atoms with E-state index in [1.165, 1.54) is 11.3 Å². The van der Waals surface area contributed by atoms with Crippen LogP contribution in [-0.2, 0) is 12.3 Å². The van der Waals surface area contributed by atoms with Crippen LogP contribution in [0.2, 0.25) is 0 Å². The molecular formula is C20H21N5O2S2. The summed E-state index contributed by atoms with van der Waals surface area (Å²) in [6.45, 7) is 3.01. The van der Waals surface area contributed by atoms with Crippen molar-refractivity contribution in [1.29, 1.82) is 0 Å². The number of aromatic nitrogens is 5. The number of unbranched alkanes of at least 4 members (excludes halogenated alkanes) is 1. The lowest BCUT2D eigenvalue weighted by Crippen LogP contribution is -2.12. The van der Waals surface area contributed by atoms with Crippen molar-refractivity contribution in [2.75, 3.05) is 7.11 Å². The zero-order valence-electron chi connectivity index (χ0n) is 16.2. The molecule has 7 nitrogen and oxygen atoms in total. The van der Waals surface area contributed by atoms with E-state index in [1.54, 1.807) is 35.5 Å². The first-order chi connectivity index (χ1) is 14.2. The van der Waals surface area contributed by atoms with Crippen LogP contribution in [0, 0.1) is 0 Å². The van der Waals surface area contributed by atoms with Gasteiger partial charge in [-0.3, -0.25) is 9.20 Å². The van der Waals surface area contributed by atoms with Crippen molar-refractivity contribution in [3.05, 3.63) is 58.0 Å². The topological polar surface area (TPSA) is 74.3 Å². The summed E-state index contributed by atoms with van der Waals surface area (Å²) >= 11 is 3.01. The van der Waals surface area contributed by atoms with Gasteiger partial charge in [0, 0.05) is 35.5 Å². The third-order valence-electron chi connectivity index (χ3n) is 4.51. The Morgan fingerprint density at radius 1 is 1.21 bits per heavy atom. The number of nitrogens with zero attached hydrogens (tertiary/aromatic N) is 5. The van der Waals surface area contributed by atoms with Crippen LogP contribution in [0.4, 0.5) is 0 Å². The zero-order chi connectivity index (χ0) is 20.2. The average molecular weight is 428 g/mol. The molecule has 0 spiro atoms. The number of rotatable bonds is 8. The van der Waals surface area contributed by atoms with Gasteiger partial charge in [-0.25, -0.2) is 4.98 Å². The van der Waals surface area contributed by atoms with Gasteiger partial charge in [0.15, 0.2) is 15.9 Å². The minimum Gasteiger partial charge on any atom is -0.497 e. The fourth-order valence-corrected chi connectivity index (χ4v) is 4.56. The highest BCUT2D eigenvalue weighted by molar-refractivity contribution is 7.98.